The molecule has 1 unspecified atom stereocenters. The number of nitrogens with two attached hydrogens (primary N) is 1. The van der Waals surface area contributed by atoms with E-state index in [4.69, 9.17) is 5.73 Å². The van der Waals surface area contributed by atoms with Gasteiger partial charge in [0.05, 0.1) is 12.2 Å². The molecule has 0 amide bonds. The molecule has 0 aliphatic carbocycles. The van der Waals surface area contributed by atoms with Gasteiger partial charge in [0.1, 0.15) is 5.82 Å². The van der Waals surface area contributed by atoms with Gasteiger partial charge < -0.3 is 5.73 Å². The van der Waals surface area contributed by atoms with Crippen LogP contribution in [0.25, 0.3) is 0 Å². The summed E-state index contributed by atoms with van der Waals surface area (Å²) >= 11 is 0. The van der Waals surface area contributed by atoms with Gasteiger partial charge >= 0.3 is 0 Å². The van der Waals surface area contributed by atoms with Crippen molar-refractivity contribution < 1.29 is 4.39 Å². The van der Waals surface area contributed by atoms with Crippen LogP contribution in [0.15, 0.2) is 24.3 Å². The molecular formula is C14H18FN3. The molecule has 2 rings (SSSR count). The molecule has 0 spiro atoms. The van der Waals surface area contributed by atoms with Crippen LogP contribution in [-0.2, 0) is 6.54 Å². The van der Waals surface area contributed by atoms with E-state index < -0.39 is 0 Å². The molecule has 1 heterocycles. The zero-order chi connectivity index (χ0) is 13.3. The van der Waals surface area contributed by atoms with Crippen molar-refractivity contribution in [3.05, 3.63) is 52.6 Å². The van der Waals surface area contributed by atoms with Gasteiger partial charge in [-0.05, 0) is 44.0 Å². The minimum atomic E-state index is -0.257. The van der Waals surface area contributed by atoms with Gasteiger partial charge in [0.15, 0.2) is 0 Å². The second kappa shape index (κ2) is 4.90. The Bertz CT molecular complexity index is 560. The lowest BCUT2D eigenvalue weighted by Gasteiger charge is -2.13. The Kier molecular flexibility index (Phi) is 3.48. The third kappa shape index (κ3) is 2.43. The van der Waals surface area contributed by atoms with Gasteiger partial charge in [0, 0.05) is 11.7 Å². The highest BCUT2D eigenvalue weighted by Crippen LogP contribution is 2.17. The number of nitrogens with zero attached hydrogens (tertiary/aromatic N) is 2. The average molecular weight is 247 g/mol. The lowest BCUT2D eigenvalue weighted by atomic mass is 10.1. The van der Waals surface area contributed by atoms with Crippen LogP contribution in [-0.4, -0.2) is 9.78 Å². The maximum atomic E-state index is 13.1. The topological polar surface area (TPSA) is 43.8 Å². The van der Waals surface area contributed by atoms with Gasteiger partial charge in [-0.25, -0.2) is 4.39 Å². The Hall–Kier alpha value is -1.68. The molecule has 0 fully saturated rings. The molecule has 4 heteroatoms. The lowest BCUT2D eigenvalue weighted by molar-refractivity contribution is 0.511. The molecule has 2 N–H and O–H groups in total. The number of aryl methyl sites for hydroxylation is 1. The Morgan fingerprint density at radius 1 is 1.33 bits per heavy atom. The van der Waals surface area contributed by atoms with Crippen LogP contribution in [0.3, 0.4) is 0 Å². The summed E-state index contributed by atoms with van der Waals surface area (Å²) in [7, 11) is 0. The predicted molar refractivity (Wildman–Crippen MR) is 69.8 cm³/mol. The fraction of sp³-hybridized carbons (Fsp3) is 0.357. The lowest BCUT2D eigenvalue weighted by Crippen LogP contribution is -2.19. The Balaban J connectivity index is 2.21. The van der Waals surface area contributed by atoms with E-state index in [0.29, 0.717) is 6.54 Å². The molecule has 0 aliphatic heterocycles. The van der Waals surface area contributed by atoms with E-state index >= 15 is 0 Å². The van der Waals surface area contributed by atoms with Crippen molar-refractivity contribution in [3.8, 4) is 0 Å². The first-order valence-corrected chi connectivity index (χ1v) is 6.00. The van der Waals surface area contributed by atoms with Crippen molar-refractivity contribution >= 4 is 0 Å². The minimum Gasteiger partial charge on any atom is -0.322 e. The van der Waals surface area contributed by atoms with E-state index in [-0.39, 0.29) is 11.9 Å². The molecular weight excluding hydrogens is 229 g/mol. The highest BCUT2D eigenvalue weighted by Gasteiger charge is 2.12. The number of hydrogen-bond acceptors (Lipinski definition) is 2. The van der Waals surface area contributed by atoms with Crippen LogP contribution in [0.2, 0.25) is 0 Å². The van der Waals surface area contributed by atoms with Crippen molar-refractivity contribution in [2.45, 2.75) is 33.4 Å². The third-order valence-electron chi connectivity index (χ3n) is 3.39. The zero-order valence-electron chi connectivity index (χ0n) is 10.9. The largest absolute Gasteiger partial charge is 0.322 e. The summed E-state index contributed by atoms with van der Waals surface area (Å²) in [6, 6.07) is 6.16. The minimum absolute atomic E-state index is 0.252. The van der Waals surface area contributed by atoms with Crippen LogP contribution in [0, 0.1) is 26.6 Å². The SMILES string of the molecule is Cc1nn(CC(N)c2cccc(F)c2)c(C)c1C. The molecule has 96 valence electrons. The molecule has 1 atom stereocenters. The smallest absolute Gasteiger partial charge is 0.123 e. The second-order valence-corrected chi connectivity index (χ2v) is 4.64. The van der Waals surface area contributed by atoms with Crippen LogP contribution >= 0.6 is 0 Å². The van der Waals surface area contributed by atoms with Gasteiger partial charge in [0.25, 0.3) is 0 Å². The first-order chi connectivity index (χ1) is 8.49. The van der Waals surface area contributed by atoms with E-state index in [0.717, 1.165) is 17.0 Å². The van der Waals surface area contributed by atoms with E-state index in [1.54, 1.807) is 6.07 Å². The third-order valence-corrected chi connectivity index (χ3v) is 3.39. The predicted octanol–water partition coefficient (Wildman–Crippen LogP) is 2.65. The molecule has 0 aliphatic rings. The van der Waals surface area contributed by atoms with E-state index in [1.165, 1.54) is 17.7 Å². The van der Waals surface area contributed by atoms with Gasteiger partial charge in [-0.15, -0.1) is 0 Å². The van der Waals surface area contributed by atoms with E-state index in [2.05, 4.69) is 5.10 Å². The summed E-state index contributed by atoms with van der Waals surface area (Å²) in [5, 5.41) is 4.44. The molecule has 1 aromatic carbocycles. The normalized spacial score (nSPS) is 12.7. The molecule has 18 heavy (non-hydrogen) atoms. The summed E-state index contributed by atoms with van der Waals surface area (Å²) in [5.74, 6) is -0.257. The molecule has 2 aromatic rings. The Morgan fingerprint density at radius 2 is 2.06 bits per heavy atom. The summed E-state index contributed by atoms with van der Waals surface area (Å²) < 4.78 is 15.0. The van der Waals surface area contributed by atoms with Gasteiger partial charge in [-0.3, -0.25) is 4.68 Å². The highest BCUT2D eigenvalue weighted by atomic mass is 19.1. The zero-order valence-corrected chi connectivity index (χ0v) is 10.9. The number of rotatable bonds is 3. The van der Waals surface area contributed by atoms with Crippen LogP contribution in [0.5, 0.6) is 0 Å². The number of benzene rings is 1. The standard InChI is InChI=1S/C14H18FN3/c1-9-10(2)17-18(11(9)3)8-14(16)12-5-4-6-13(15)7-12/h4-7,14H,8,16H2,1-3H3. The molecule has 1 aromatic heterocycles. The summed E-state index contributed by atoms with van der Waals surface area (Å²) in [6.45, 7) is 6.60. The molecule has 0 radical (unpaired) electrons. The fourth-order valence-electron chi connectivity index (χ4n) is 1.99. The van der Waals surface area contributed by atoms with Crippen molar-refractivity contribution in [1.29, 1.82) is 0 Å². The first-order valence-electron chi connectivity index (χ1n) is 6.00. The second-order valence-electron chi connectivity index (χ2n) is 4.64. The molecule has 0 bridgehead atoms. The van der Waals surface area contributed by atoms with Crippen molar-refractivity contribution in [1.82, 2.24) is 9.78 Å². The van der Waals surface area contributed by atoms with Gasteiger partial charge in [-0.1, -0.05) is 12.1 Å². The van der Waals surface area contributed by atoms with Crippen LogP contribution in [0.4, 0.5) is 4.39 Å². The van der Waals surface area contributed by atoms with Gasteiger partial charge in [-0.2, -0.15) is 5.10 Å². The monoisotopic (exact) mass is 247 g/mol. The fourth-order valence-corrected chi connectivity index (χ4v) is 1.99. The number of hydrogen-bond donors (Lipinski definition) is 1. The summed E-state index contributed by atoms with van der Waals surface area (Å²) in [4.78, 5) is 0. The van der Waals surface area contributed by atoms with Crippen molar-refractivity contribution in [2.75, 3.05) is 0 Å². The number of aromatic nitrogens is 2. The van der Waals surface area contributed by atoms with Crippen LogP contribution in [0.1, 0.15) is 28.6 Å². The summed E-state index contributed by atoms with van der Waals surface area (Å²) in [5.41, 5.74) is 10.2. The van der Waals surface area contributed by atoms with E-state index in [9.17, 15) is 4.39 Å². The number of halogens is 1. The van der Waals surface area contributed by atoms with Gasteiger partial charge in [0.2, 0.25) is 0 Å². The quantitative estimate of drug-likeness (QED) is 0.906. The Labute approximate surface area is 106 Å². The van der Waals surface area contributed by atoms with E-state index in [1.807, 2.05) is 31.5 Å². The first kappa shape index (κ1) is 12.8. The average Bonchev–Trinajstić information content (AvgIpc) is 2.57. The highest BCUT2D eigenvalue weighted by molar-refractivity contribution is 5.23. The molecule has 3 nitrogen and oxygen atoms in total. The van der Waals surface area contributed by atoms with Crippen molar-refractivity contribution in [3.63, 3.8) is 0 Å². The molecule has 0 saturated carbocycles. The maximum Gasteiger partial charge on any atom is 0.123 e. The Morgan fingerprint density at radius 3 is 2.61 bits per heavy atom. The maximum absolute atomic E-state index is 13.1. The van der Waals surface area contributed by atoms with Crippen LogP contribution < -0.4 is 5.73 Å². The summed E-state index contributed by atoms with van der Waals surface area (Å²) in [6.07, 6.45) is 0. The van der Waals surface area contributed by atoms with Crippen molar-refractivity contribution in [2.24, 2.45) is 5.73 Å². The molecule has 0 saturated heterocycles.